The topological polar surface area (TPSA) is 49.9 Å². The molecule has 0 radical (unpaired) electrons. The molecular formula is C20H40N2O3. The van der Waals surface area contributed by atoms with Crippen molar-refractivity contribution in [2.75, 3.05) is 20.2 Å². The highest BCUT2D eigenvalue weighted by Crippen LogP contribution is 2.30. The first-order chi connectivity index (χ1) is 12.0. The smallest absolute Gasteiger partial charge is 0.328 e. The summed E-state index contributed by atoms with van der Waals surface area (Å²) in [6.07, 6.45) is 4.17. The maximum Gasteiger partial charge on any atom is 0.328 e. The minimum Gasteiger partial charge on any atom is -0.467 e. The van der Waals surface area contributed by atoms with Crippen LogP contribution in [0.25, 0.3) is 0 Å². The summed E-state index contributed by atoms with van der Waals surface area (Å²) in [6, 6.07) is -0.0724. The molecule has 0 saturated carbocycles. The van der Waals surface area contributed by atoms with Gasteiger partial charge in [0.05, 0.1) is 13.2 Å². The Kier molecular flexibility index (Phi) is 11.7. The van der Waals surface area contributed by atoms with Crippen LogP contribution in [0.15, 0.2) is 0 Å². The molecule has 0 aliphatic carbocycles. The van der Waals surface area contributed by atoms with Gasteiger partial charge >= 0.3 is 5.97 Å². The van der Waals surface area contributed by atoms with Crippen LogP contribution >= 0.6 is 0 Å². The molecule has 0 N–H and O–H groups in total. The largest absolute Gasteiger partial charge is 0.467 e. The first-order valence-electron chi connectivity index (χ1n) is 10.1. The van der Waals surface area contributed by atoms with Crippen LogP contribution in [0.2, 0.25) is 0 Å². The molecule has 2 aliphatic rings. The predicted molar refractivity (Wildman–Crippen MR) is 103 cm³/mol. The zero-order valence-electron chi connectivity index (χ0n) is 17.7. The molecule has 3 unspecified atom stereocenters. The average molecular weight is 357 g/mol. The number of hydrogen-bond acceptors (Lipinski definition) is 4. The molecule has 5 heteroatoms. The highest BCUT2D eigenvalue weighted by Gasteiger charge is 2.42. The van der Waals surface area contributed by atoms with Gasteiger partial charge in [-0.3, -0.25) is 9.69 Å². The molecule has 2 heterocycles. The van der Waals surface area contributed by atoms with Crippen LogP contribution in [-0.4, -0.2) is 60.0 Å². The van der Waals surface area contributed by atoms with Crippen molar-refractivity contribution in [2.45, 2.75) is 92.3 Å². The number of methoxy groups -OCH3 is 1. The fraction of sp³-hybridized carbons (Fsp3) is 0.900. The number of nitrogens with zero attached hydrogens (tertiary/aromatic N) is 2. The molecule has 2 rings (SSSR count). The highest BCUT2D eigenvalue weighted by atomic mass is 16.5. The van der Waals surface area contributed by atoms with Gasteiger partial charge in [0.1, 0.15) is 6.04 Å². The van der Waals surface area contributed by atoms with E-state index in [-0.39, 0.29) is 17.9 Å². The van der Waals surface area contributed by atoms with Gasteiger partial charge in [-0.25, -0.2) is 4.79 Å². The number of esters is 1. The van der Waals surface area contributed by atoms with E-state index in [2.05, 4.69) is 18.7 Å². The Morgan fingerprint density at radius 1 is 1.12 bits per heavy atom. The number of fused-ring (bicyclic) bond motifs is 1. The molecule has 0 aromatic rings. The minimum atomic E-state index is -0.489. The third-order valence-electron chi connectivity index (χ3n) is 4.80. The maximum atomic E-state index is 13.0. The van der Waals surface area contributed by atoms with Crippen LogP contribution < -0.4 is 0 Å². The van der Waals surface area contributed by atoms with Gasteiger partial charge < -0.3 is 9.64 Å². The van der Waals surface area contributed by atoms with Gasteiger partial charge in [-0.15, -0.1) is 0 Å². The zero-order chi connectivity index (χ0) is 19.6. The number of ether oxygens (including phenoxy) is 1. The Bertz CT molecular complexity index is 398. The van der Waals surface area contributed by atoms with E-state index in [1.54, 1.807) is 11.8 Å². The second-order valence-electron chi connectivity index (χ2n) is 6.70. The maximum absolute atomic E-state index is 13.0. The van der Waals surface area contributed by atoms with Crippen LogP contribution in [-0.2, 0) is 14.3 Å². The average Bonchev–Trinajstić information content (AvgIpc) is 3.05. The van der Waals surface area contributed by atoms with E-state index in [9.17, 15) is 9.59 Å². The minimum absolute atomic E-state index is 0.0768. The van der Waals surface area contributed by atoms with Crippen molar-refractivity contribution in [2.24, 2.45) is 5.92 Å². The molecule has 2 aliphatic heterocycles. The van der Waals surface area contributed by atoms with Gasteiger partial charge in [0.2, 0.25) is 5.91 Å². The molecular weight excluding hydrogens is 316 g/mol. The van der Waals surface area contributed by atoms with E-state index >= 15 is 0 Å². The number of rotatable bonds is 4. The Morgan fingerprint density at radius 2 is 1.72 bits per heavy atom. The molecule has 2 fully saturated rings. The lowest BCUT2D eigenvalue weighted by Gasteiger charge is -2.33. The summed E-state index contributed by atoms with van der Waals surface area (Å²) in [6.45, 7) is 15.7. The molecule has 0 bridgehead atoms. The van der Waals surface area contributed by atoms with Crippen molar-refractivity contribution in [3.8, 4) is 0 Å². The third kappa shape index (κ3) is 6.28. The van der Waals surface area contributed by atoms with Crippen molar-refractivity contribution in [1.82, 2.24) is 9.80 Å². The van der Waals surface area contributed by atoms with Crippen molar-refractivity contribution < 1.29 is 14.3 Å². The van der Waals surface area contributed by atoms with Crippen molar-refractivity contribution in [1.29, 1.82) is 0 Å². The normalized spacial score (nSPS) is 24.4. The first kappa shape index (κ1) is 23.9. The molecule has 25 heavy (non-hydrogen) atoms. The number of amides is 1. The predicted octanol–water partition coefficient (Wildman–Crippen LogP) is 3.71. The molecule has 2 saturated heterocycles. The van der Waals surface area contributed by atoms with Crippen molar-refractivity contribution in [3.63, 3.8) is 0 Å². The van der Waals surface area contributed by atoms with E-state index in [0.717, 1.165) is 19.4 Å². The Hall–Kier alpha value is -1.10. The first-order valence-corrected chi connectivity index (χ1v) is 10.1. The molecule has 5 nitrogen and oxygen atoms in total. The Morgan fingerprint density at radius 3 is 2.24 bits per heavy atom. The Labute approximate surface area is 155 Å². The second-order valence-corrected chi connectivity index (χ2v) is 6.70. The lowest BCUT2D eigenvalue weighted by Crippen LogP contribution is -2.51. The summed E-state index contributed by atoms with van der Waals surface area (Å²) in [5.41, 5.74) is 0. The molecule has 3 atom stereocenters. The number of carbonyl (C=O) groups excluding carboxylic acids is 2. The lowest BCUT2D eigenvalue weighted by molar-refractivity contribution is -0.153. The lowest BCUT2D eigenvalue weighted by atomic mass is 10.0. The van der Waals surface area contributed by atoms with Crippen LogP contribution in [0.3, 0.4) is 0 Å². The number of hydrogen-bond donors (Lipinski definition) is 0. The van der Waals surface area contributed by atoms with Crippen LogP contribution in [0.1, 0.15) is 74.1 Å². The number of carbonyl (C=O) groups is 2. The third-order valence-corrected chi connectivity index (χ3v) is 4.80. The fourth-order valence-electron chi connectivity index (χ4n) is 3.67. The van der Waals surface area contributed by atoms with Gasteiger partial charge in [0.15, 0.2) is 0 Å². The van der Waals surface area contributed by atoms with Gasteiger partial charge in [-0.05, 0) is 45.1 Å². The summed E-state index contributed by atoms with van der Waals surface area (Å²) in [5.74, 6) is 0.244. The SMILES string of the molecule is CC.CC.COC(=O)C(C)N1CCC2CCCN2C(CC(C)C)C1=O. The van der Waals surface area contributed by atoms with Crippen LogP contribution in [0.4, 0.5) is 0 Å². The van der Waals surface area contributed by atoms with Gasteiger partial charge in [0.25, 0.3) is 0 Å². The summed E-state index contributed by atoms with van der Waals surface area (Å²) >= 11 is 0. The zero-order valence-corrected chi connectivity index (χ0v) is 17.7. The van der Waals surface area contributed by atoms with E-state index in [4.69, 9.17) is 4.74 Å². The summed E-state index contributed by atoms with van der Waals surface area (Å²) < 4.78 is 4.82. The summed E-state index contributed by atoms with van der Waals surface area (Å²) in [5, 5.41) is 0. The van der Waals surface area contributed by atoms with Crippen molar-refractivity contribution >= 4 is 11.9 Å². The van der Waals surface area contributed by atoms with Gasteiger partial charge in [0, 0.05) is 12.6 Å². The van der Waals surface area contributed by atoms with E-state index in [1.165, 1.54) is 20.0 Å². The van der Waals surface area contributed by atoms with Crippen LogP contribution in [0.5, 0.6) is 0 Å². The molecule has 1 amide bonds. The summed E-state index contributed by atoms with van der Waals surface area (Å²) in [4.78, 5) is 28.9. The van der Waals surface area contributed by atoms with E-state index in [0.29, 0.717) is 18.5 Å². The van der Waals surface area contributed by atoms with E-state index < -0.39 is 6.04 Å². The summed E-state index contributed by atoms with van der Waals surface area (Å²) in [7, 11) is 1.38. The molecule has 148 valence electrons. The van der Waals surface area contributed by atoms with Gasteiger partial charge in [-0.1, -0.05) is 41.5 Å². The van der Waals surface area contributed by atoms with Crippen molar-refractivity contribution in [3.05, 3.63) is 0 Å². The second kappa shape index (κ2) is 12.3. The highest BCUT2D eigenvalue weighted by molar-refractivity contribution is 5.87. The van der Waals surface area contributed by atoms with Gasteiger partial charge in [-0.2, -0.15) is 0 Å². The monoisotopic (exact) mass is 356 g/mol. The molecule has 0 aromatic carbocycles. The molecule has 0 aromatic heterocycles. The fourth-order valence-corrected chi connectivity index (χ4v) is 3.67. The quantitative estimate of drug-likeness (QED) is 0.721. The molecule has 0 spiro atoms. The Balaban J connectivity index is 0.00000134. The van der Waals surface area contributed by atoms with Crippen LogP contribution in [0, 0.1) is 5.92 Å². The van der Waals surface area contributed by atoms with E-state index in [1.807, 2.05) is 27.7 Å². The standard InChI is InChI=1S/C16H28N2O3.2C2H6/c1-11(2)10-14-15(19)17(12(3)16(20)21-4)9-7-13-6-5-8-18(13)14;2*1-2/h11-14H,5-10H2,1-4H3;2*1-2H3.